The normalized spacial score (nSPS) is 10.8. The van der Waals surface area contributed by atoms with Crippen molar-refractivity contribution >= 4 is 11.7 Å². The van der Waals surface area contributed by atoms with Gasteiger partial charge in [-0.3, -0.25) is 0 Å². The summed E-state index contributed by atoms with van der Waals surface area (Å²) in [5, 5.41) is 6.93. The molecule has 0 aliphatic rings. The number of urea groups is 1. The molecular formula is C17H23N3O2. The molecule has 0 aliphatic carbocycles. The first-order chi connectivity index (χ1) is 10.4. The molecule has 0 spiro atoms. The molecule has 22 heavy (non-hydrogen) atoms. The van der Waals surface area contributed by atoms with Crippen LogP contribution >= 0.6 is 0 Å². The summed E-state index contributed by atoms with van der Waals surface area (Å²) >= 11 is 0. The predicted octanol–water partition coefficient (Wildman–Crippen LogP) is 4.08. The lowest BCUT2D eigenvalue weighted by Crippen LogP contribution is -2.31. The second kappa shape index (κ2) is 6.64. The molecule has 2 aromatic rings. The number of amides is 2. The Labute approximate surface area is 131 Å². The molecule has 0 atom stereocenters. The number of aromatic nitrogens is 1. The van der Waals surface area contributed by atoms with Crippen molar-refractivity contribution in [3.63, 3.8) is 0 Å². The van der Waals surface area contributed by atoms with E-state index in [-0.39, 0.29) is 6.03 Å². The molecule has 1 aromatic heterocycles. The zero-order valence-corrected chi connectivity index (χ0v) is 13.8. The lowest BCUT2D eigenvalue weighted by Gasteiger charge is -2.21. The van der Waals surface area contributed by atoms with Gasteiger partial charge in [-0.1, -0.05) is 37.2 Å². The molecular weight excluding hydrogens is 278 g/mol. The van der Waals surface area contributed by atoms with Gasteiger partial charge >= 0.3 is 6.03 Å². The molecule has 2 amide bonds. The third-order valence-electron chi connectivity index (χ3n) is 3.58. The minimum Gasteiger partial charge on any atom is -0.361 e. The number of nitrogens with one attached hydrogen (secondary N) is 1. The van der Waals surface area contributed by atoms with E-state index in [1.165, 1.54) is 0 Å². The van der Waals surface area contributed by atoms with Gasteiger partial charge in [0.1, 0.15) is 11.5 Å². The highest BCUT2D eigenvalue weighted by Gasteiger charge is 2.16. The molecule has 0 aliphatic heterocycles. The van der Waals surface area contributed by atoms with Crippen molar-refractivity contribution in [3.05, 3.63) is 46.8 Å². The second-order valence-electron chi connectivity index (χ2n) is 5.91. The number of para-hydroxylation sites is 1. The molecule has 1 heterocycles. The van der Waals surface area contributed by atoms with E-state index < -0.39 is 0 Å². The highest BCUT2D eigenvalue weighted by molar-refractivity contribution is 5.91. The summed E-state index contributed by atoms with van der Waals surface area (Å²) in [6.45, 7) is 8.48. The number of carbonyl (C=O) groups excluding carboxylic acids is 1. The molecule has 0 saturated carbocycles. The van der Waals surface area contributed by atoms with Gasteiger partial charge in [-0.2, -0.15) is 0 Å². The molecule has 1 aromatic carbocycles. The molecule has 0 fully saturated rings. The maximum absolute atomic E-state index is 12.4. The third kappa shape index (κ3) is 3.67. The Morgan fingerprint density at radius 3 is 2.68 bits per heavy atom. The largest absolute Gasteiger partial charge is 0.361 e. The van der Waals surface area contributed by atoms with Gasteiger partial charge in [0.05, 0.1) is 6.54 Å². The Morgan fingerprint density at radius 2 is 2.09 bits per heavy atom. The van der Waals surface area contributed by atoms with E-state index >= 15 is 0 Å². The Bertz CT molecular complexity index is 662. The van der Waals surface area contributed by atoms with E-state index in [1.54, 1.807) is 11.9 Å². The highest BCUT2D eigenvalue weighted by atomic mass is 16.5. The molecule has 0 bridgehead atoms. The standard InChI is InChI=1S/C17H23N3O2/c1-11(2)15-8-6-7-12(3)16(15)18-17(21)20(5)10-14-9-13(4)22-19-14/h6-9,11H,10H2,1-5H3,(H,18,21). The molecule has 0 unspecified atom stereocenters. The first-order valence-electron chi connectivity index (χ1n) is 7.42. The molecule has 0 radical (unpaired) electrons. The number of benzene rings is 1. The summed E-state index contributed by atoms with van der Waals surface area (Å²) in [6.07, 6.45) is 0. The van der Waals surface area contributed by atoms with Crippen LogP contribution in [0, 0.1) is 13.8 Å². The number of carbonyl (C=O) groups is 1. The van der Waals surface area contributed by atoms with Gasteiger partial charge in [-0.05, 0) is 30.9 Å². The number of anilines is 1. The van der Waals surface area contributed by atoms with Crippen molar-refractivity contribution in [1.82, 2.24) is 10.1 Å². The van der Waals surface area contributed by atoms with Crippen LogP contribution < -0.4 is 5.32 Å². The minimum absolute atomic E-state index is 0.156. The predicted molar refractivity (Wildman–Crippen MR) is 87.0 cm³/mol. The van der Waals surface area contributed by atoms with E-state index in [1.807, 2.05) is 38.1 Å². The van der Waals surface area contributed by atoms with E-state index in [9.17, 15) is 4.79 Å². The van der Waals surface area contributed by atoms with Crippen molar-refractivity contribution in [2.75, 3.05) is 12.4 Å². The van der Waals surface area contributed by atoms with Crippen molar-refractivity contribution in [1.29, 1.82) is 0 Å². The molecule has 118 valence electrons. The van der Waals surface area contributed by atoms with E-state index in [0.29, 0.717) is 12.5 Å². The Morgan fingerprint density at radius 1 is 1.36 bits per heavy atom. The number of hydrogen-bond acceptors (Lipinski definition) is 3. The molecule has 1 N–H and O–H groups in total. The SMILES string of the molecule is Cc1cc(CN(C)C(=O)Nc2c(C)cccc2C(C)C)no1. The van der Waals surface area contributed by atoms with Crippen LogP contribution in [0.3, 0.4) is 0 Å². The zero-order valence-electron chi connectivity index (χ0n) is 13.8. The van der Waals surface area contributed by atoms with Crippen LogP contribution in [-0.2, 0) is 6.54 Å². The first-order valence-corrected chi connectivity index (χ1v) is 7.42. The van der Waals surface area contributed by atoms with Crippen LogP contribution in [0.4, 0.5) is 10.5 Å². The fourth-order valence-electron chi connectivity index (χ4n) is 2.35. The fourth-order valence-corrected chi connectivity index (χ4v) is 2.35. The maximum Gasteiger partial charge on any atom is 0.321 e. The van der Waals surface area contributed by atoms with Crippen molar-refractivity contribution in [2.45, 2.75) is 40.2 Å². The number of hydrogen-bond donors (Lipinski definition) is 1. The number of nitrogens with zero attached hydrogens (tertiary/aromatic N) is 2. The highest BCUT2D eigenvalue weighted by Crippen LogP contribution is 2.27. The van der Waals surface area contributed by atoms with Crippen LogP contribution in [0.2, 0.25) is 0 Å². The Kier molecular flexibility index (Phi) is 4.85. The van der Waals surface area contributed by atoms with Crippen LogP contribution in [-0.4, -0.2) is 23.1 Å². The van der Waals surface area contributed by atoms with Crippen LogP contribution in [0.5, 0.6) is 0 Å². The summed E-state index contributed by atoms with van der Waals surface area (Å²) < 4.78 is 5.02. The number of aryl methyl sites for hydroxylation is 2. The minimum atomic E-state index is -0.156. The van der Waals surface area contributed by atoms with Gasteiger partial charge in [0.15, 0.2) is 0 Å². The quantitative estimate of drug-likeness (QED) is 0.925. The maximum atomic E-state index is 12.4. The average Bonchev–Trinajstić information content (AvgIpc) is 2.85. The van der Waals surface area contributed by atoms with Gasteiger partial charge in [0, 0.05) is 18.8 Å². The van der Waals surface area contributed by atoms with Gasteiger partial charge in [-0.15, -0.1) is 0 Å². The zero-order chi connectivity index (χ0) is 16.3. The van der Waals surface area contributed by atoms with Crippen molar-refractivity contribution < 1.29 is 9.32 Å². The van der Waals surface area contributed by atoms with Crippen molar-refractivity contribution in [2.24, 2.45) is 0 Å². The molecule has 0 saturated heterocycles. The smallest absolute Gasteiger partial charge is 0.321 e. The summed E-state index contributed by atoms with van der Waals surface area (Å²) in [7, 11) is 1.74. The van der Waals surface area contributed by atoms with Crippen LogP contribution in [0.1, 0.15) is 42.3 Å². The van der Waals surface area contributed by atoms with E-state index in [0.717, 1.165) is 28.3 Å². The Hall–Kier alpha value is -2.30. The lowest BCUT2D eigenvalue weighted by molar-refractivity contribution is 0.219. The van der Waals surface area contributed by atoms with Gasteiger partial charge in [-0.25, -0.2) is 4.79 Å². The summed E-state index contributed by atoms with van der Waals surface area (Å²) in [4.78, 5) is 14.0. The third-order valence-corrected chi connectivity index (χ3v) is 3.58. The van der Waals surface area contributed by atoms with Gasteiger partial charge in [0.25, 0.3) is 0 Å². The summed E-state index contributed by atoms with van der Waals surface area (Å²) in [5.41, 5.74) is 3.83. The lowest BCUT2D eigenvalue weighted by atomic mass is 9.98. The van der Waals surface area contributed by atoms with E-state index in [2.05, 4.69) is 24.3 Å². The first kappa shape index (κ1) is 16.1. The Balaban J connectivity index is 2.11. The van der Waals surface area contributed by atoms with Crippen LogP contribution in [0.15, 0.2) is 28.8 Å². The summed E-state index contributed by atoms with van der Waals surface area (Å²) in [5.74, 6) is 1.09. The average molecular weight is 301 g/mol. The molecule has 2 rings (SSSR count). The second-order valence-corrected chi connectivity index (χ2v) is 5.91. The number of rotatable bonds is 4. The van der Waals surface area contributed by atoms with Gasteiger partial charge < -0.3 is 14.7 Å². The summed E-state index contributed by atoms with van der Waals surface area (Å²) in [6, 6.07) is 7.74. The van der Waals surface area contributed by atoms with Gasteiger partial charge in [0.2, 0.25) is 0 Å². The molecule has 5 nitrogen and oxygen atoms in total. The van der Waals surface area contributed by atoms with E-state index in [4.69, 9.17) is 4.52 Å². The van der Waals surface area contributed by atoms with Crippen molar-refractivity contribution in [3.8, 4) is 0 Å². The topological polar surface area (TPSA) is 58.4 Å². The molecule has 5 heteroatoms. The monoisotopic (exact) mass is 301 g/mol. The fraction of sp³-hybridized carbons (Fsp3) is 0.412. The van der Waals surface area contributed by atoms with Crippen LogP contribution in [0.25, 0.3) is 0 Å².